The summed E-state index contributed by atoms with van der Waals surface area (Å²) in [6, 6.07) is 0.695. The Morgan fingerprint density at radius 2 is 2.14 bits per heavy atom. The van der Waals surface area contributed by atoms with Crippen molar-refractivity contribution in [3.8, 4) is 0 Å². The molecule has 2 aliphatic rings. The maximum atomic E-state index is 6.14. The quantitative estimate of drug-likeness (QED) is 0.804. The molecular formula is C16H25ClN4. The Bertz CT molecular complexity index is 491. The molecule has 2 aliphatic heterocycles. The van der Waals surface area contributed by atoms with E-state index in [2.05, 4.69) is 33.6 Å². The Kier molecular flexibility index (Phi) is 4.65. The summed E-state index contributed by atoms with van der Waals surface area (Å²) < 4.78 is 0. The molecule has 0 radical (unpaired) electrons. The van der Waals surface area contributed by atoms with Crippen LogP contribution in [0.4, 0.5) is 5.69 Å². The molecule has 0 saturated carbocycles. The molecule has 0 bridgehead atoms. The van der Waals surface area contributed by atoms with Gasteiger partial charge in [-0.1, -0.05) is 20.3 Å². The number of hydrogen-bond donors (Lipinski definition) is 0. The van der Waals surface area contributed by atoms with E-state index in [9.17, 15) is 0 Å². The standard InChI is InChI=1S/C16H25ClN4/c1-12(2)16-18-10-15(14(9-17)19-16)21-8-7-20-6-4-3-5-13(20)11-21/h10,12-13H,3-9,11H2,1-2H3. The Labute approximate surface area is 132 Å². The molecule has 2 saturated heterocycles. The van der Waals surface area contributed by atoms with Gasteiger partial charge in [-0.2, -0.15) is 0 Å². The molecule has 1 unspecified atom stereocenters. The Morgan fingerprint density at radius 3 is 2.90 bits per heavy atom. The highest BCUT2D eigenvalue weighted by Gasteiger charge is 2.30. The average Bonchev–Trinajstić information content (AvgIpc) is 2.53. The molecule has 4 nitrogen and oxygen atoms in total. The molecule has 1 aromatic rings. The van der Waals surface area contributed by atoms with E-state index in [0.717, 1.165) is 36.8 Å². The number of fused-ring (bicyclic) bond motifs is 1. The van der Waals surface area contributed by atoms with Gasteiger partial charge < -0.3 is 4.90 Å². The fourth-order valence-electron chi connectivity index (χ4n) is 3.44. The fourth-order valence-corrected chi connectivity index (χ4v) is 3.64. The van der Waals surface area contributed by atoms with Crippen molar-refractivity contribution in [1.29, 1.82) is 0 Å². The first-order valence-corrected chi connectivity index (χ1v) is 8.63. The molecule has 1 aromatic heterocycles. The van der Waals surface area contributed by atoms with Gasteiger partial charge in [0.15, 0.2) is 0 Å². The number of piperidine rings is 1. The second kappa shape index (κ2) is 6.49. The van der Waals surface area contributed by atoms with Crippen molar-refractivity contribution in [1.82, 2.24) is 14.9 Å². The molecule has 1 atom stereocenters. The number of piperazine rings is 1. The molecule has 0 spiro atoms. The lowest BCUT2D eigenvalue weighted by Gasteiger charge is -2.45. The van der Waals surface area contributed by atoms with E-state index in [-0.39, 0.29) is 0 Å². The van der Waals surface area contributed by atoms with E-state index < -0.39 is 0 Å². The van der Waals surface area contributed by atoms with Crippen LogP contribution in [0.25, 0.3) is 0 Å². The normalized spacial score (nSPS) is 23.4. The summed E-state index contributed by atoms with van der Waals surface area (Å²) in [5.74, 6) is 1.70. The van der Waals surface area contributed by atoms with Gasteiger partial charge in [0.2, 0.25) is 0 Å². The Morgan fingerprint density at radius 1 is 1.29 bits per heavy atom. The molecule has 0 N–H and O–H groups in total. The summed E-state index contributed by atoms with van der Waals surface area (Å²) in [6.45, 7) is 8.81. The van der Waals surface area contributed by atoms with Gasteiger partial charge in [-0.15, -0.1) is 11.6 Å². The minimum atomic E-state index is 0.344. The summed E-state index contributed by atoms with van der Waals surface area (Å²) in [6.07, 6.45) is 6.02. The van der Waals surface area contributed by atoms with Crippen LogP contribution in [0.1, 0.15) is 50.5 Å². The first-order valence-electron chi connectivity index (χ1n) is 8.10. The number of anilines is 1. The third kappa shape index (κ3) is 3.16. The zero-order valence-corrected chi connectivity index (χ0v) is 13.8. The maximum Gasteiger partial charge on any atom is 0.131 e. The minimum absolute atomic E-state index is 0.344. The van der Waals surface area contributed by atoms with Crippen molar-refractivity contribution in [2.45, 2.75) is 50.9 Å². The van der Waals surface area contributed by atoms with Crippen molar-refractivity contribution in [3.63, 3.8) is 0 Å². The average molecular weight is 309 g/mol. The summed E-state index contributed by atoms with van der Waals surface area (Å²) in [7, 11) is 0. The van der Waals surface area contributed by atoms with E-state index in [1.165, 1.54) is 25.8 Å². The number of aromatic nitrogens is 2. The van der Waals surface area contributed by atoms with Crippen LogP contribution in [-0.4, -0.2) is 47.1 Å². The van der Waals surface area contributed by atoms with Gasteiger partial charge >= 0.3 is 0 Å². The van der Waals surface area contributed by atoms with Crippen molar-refractivity contribution < 1.29 is 0 Å². The molecule has 116 valence electrons. The molecule has 5 heteroatoms. The van der Waals surface area contributed by atoms with Gasteiger partial charge in [-0.05, 0) is 19.4 Å². The number of halogens is 1. The summed E-state index contributed by atoms with van der Waals surface area (Å²) >= 11 is 6.14. The number of alkyl halides is 1. The zero-order chi connectivity index (χ0) is 14.8. The van der Waals surface area contributed by atoms with Crippen LogP contribution in [0.2, 0.25) is 0 Å². The van der Waals surface area contributed by atoms with Crippen LogP contribution in [-0.2, 0) is 5.88 Å². The van der Waals surface area contributed by atoms with E-state index in [1.807, 2.05) is 6.20 Å². The maximum absolute atomic E-state index is 6.14. The third-order valence-electron chi connectivity index (χ3n) is 4.69. The minimum Gasteiger partial charge on any atom is -0.366 e. The second-order valence-electron chi connectivity index (χ2n) is 6.48. The van der Waals surface area contributed by atoms with Crippen LogP contribution >= 0.6 is 11.6 Å². The SMILES string of the molecule is CC(C)c1ncc(N2CCN3CCCCC3C2)c(CCl)n1. The van der Waals surface area contributed by atoms with E-state index >= 15 is 0 Å². The lowest BCUT2D eigenvalue weighted by molar-refractivity contribution is 0.133. The fraction of sp³-hybridized carbons (Fsp3) is 0.750. The van der Waals surface area contributed by atoms with Gasteiger partial charge in [-0.3, -0.25) is 4.90 Å². The van der Waals surface area contributed by atoms with Crippen LogP contribution in [0.3, 0.4) is 0 Å². The van der Waals surface area contributed by atoms with Crippen LogP contribution in [0.15, 0.2) is 6.20 Å². The lowest BCUT2D eigenvalue weighted by atomic mass is 9.99. The monoisotopic (exact) mass is 308 g/mol. The number of hydrogen-bond acceptors (Lipinski definition) is 4. The van der Waals surface area contributed by atoms with Crippen molar-refractivity contribution in [2.75, 3.05) is 31.1 Å². The predicted octanol–water partition coefficient (Wildman–Crippen LogP) is 3.01. The van der Waals surface area contributed by atoms with Crippen LogP contribution < -0.4 is 4.90 Å². The summed E-state index contributed by atoms with van der Waals surface area (Å²) in [4.78, 5) is 14.3. The van der Waals surface area contributed by atoms with Gasteiger partial charge in [0, 0.05) is 31.6 Å². The van der Waals surface area contributed by atoms with Crippen molar-refractivity contribution >= 4 is 17.3 Å². The van der Waals surface area contributed by atoms with Gasteiger partial charge in [0.25, 0.3) is 0 Å². The largest absolute Gasteiger partial charge is 0.366 e. The van der Waals surface area contributed by atoms with Crippen LogP contribution in [0, 0.1) is 0 Å². The molecule has 21 heavy (non-hydrogen) atoms. The molecule has 2 fully saturated rings. The van der Waals surface area contributed by atoms with Crippen molar-refractivity contribution in [3.05, 3.63) is 17.7 Å². The molecule has 0 aliphatic carbocycles. The summed E-state index contributed by atoms with van der Waals surface area (Å²) in [5.41, 5.74) is 2.12. The lowest BCUT2D eigenvalue weighted by Crippen LogP contribution is -2.55. The zero-order valence-electron chi connectivity index (χ0n) is 13.1. The Hall–Kier alpha value is -0.870. The highest BCUT2D eigenvalue weighted by molar-refractivity contribution is 6.17. The summed E-state index contributed by atoms with van der Waals surface area (Å²) in [5, 5.41) is 0. The smallest absolute Gasteiger partial charge is 0.131 e. The number of nitrogens with zero attached hydrogens (tertiary/aromatic N) is 4. The first-order chi connectivity index (χ1) is 10.2. The van der Waals surface area contributed by atoms with E-state index in [4.69, 9.17) is 11.6 Å². The predicted molar refractivity (Wildman–Crippen MR) is 87.1 cm³/mol. The van der Waals surface area contributed by atoms with Gasteiger partial charge in [-0.25, -0.2) is 9.97 Å². The highest BCUT2D eigenvalue weighted by atomic mass is 35.5. The molecule has 0 aromatic carbocycles. The van der Waals surface area contributed by atoms with E-state index in [1.54, 1.807) is 0 Å². The molecule has 3 heterocycles. The topological polar surface area (TPSA) is 32.3 Å². The molecule has 0 amide bonds. The second-order valence-corrected chi connectivity index (χ2v) is 6.75. The van der Waals surface area contributed by atoms with E-state index in [0.29, 0.717) is 17.8 Å². The van der Waals surface area contributed by atoms with Gasteiger partial charge in [0.05, 0.1) is 23.5 Å². The first kappa shape index (κ1) is 15.0. The molecular weight excluding hydrogens is 284 g/mol. The van der Waals surface area contributed by atoms with Crippen molar-refractivity contribution in [2.24, 2.45) is 0 Å². The van der Waals surface area contributed by atoms with Crippen LogP contribution in [0.5, 0.6) is 0 Å². The Balaban J connectivity index is 1.80. The van der Waals surface area contributed by atoms with Gasteiger partial charge in [0.1, 0.15) is 5.82 Å². The molecule has 3 rings (SSSR count). The third-order valence-corrected chi connectivity index (χ3v) is 4.94. The number of rotatable bonds is 3. The highest BCUT2D eigenvalue weighted by Crippen LogP contribution is 2.27.